The largest absolute Gasteiger partial charge is 0.484 e. The van der Waals surface area contributed by atoms with E-state index >= 15 is 0 Å². The smallest absolute Gasteiger partial charge is 0.277 e. The number of nitrogens with one attached hydrogen (secondary N) is 1. The van der Waals surface area contributed by atoms with Crippen molar-refractivity contribution in [2.75, 3.05) is 24.6 Å². The summed E-state index contributed by atoms with van der Waals surface area (Å²) in [6.45, 7) is 8.40. The van der Waals surface area contributed by atoms with Gasteiger partial charge in [-0.05, 0) is 55.2 Å². The monoisotopic (exact) mass is 367 g/mol. The van der Waals surface area contributed by atoms with Crippen molar-refractivity contribution in [1.82, 2.24) is 5.43 Å². The van der Waals surface area contributed by atoms with E-state index in [2.05, 4.69) is 41.4 Å². The van der Waals surface area contributed by atoms with Crippen molar-refractivity contribution in [1.29, 1.82) is 0 Å². The number of nitrogens with zero attached hydrogens (tertiary/aromatic N) is 2. The average molecular weight is 367 g/mol. The van der Waals surface area contributed by atoms with Crippen molar-refractivity contribution in [2.45, 2.75) is 33.6 Å². The summed E-state index contributed by atoms with van der Waals surface area (Å²) in [6, 6.07) is 15.8. The zero-order valence-electron chi connectivity index (χ0n) is 16.4. The van der Waals surface area contributed by atoms with Crippen LogP contribution in [0.1, 0.15) is 37.8 Å². The molecule has 2 rings (SSSR count). The lowest BCUT2D eigenvalue weighted by atomic mass is 10.2. The van der Waals surface area contributed by atoms with E-state index in [-0.39, 0.29) is 12.5 Å². The van der Waals surface area contributed by atoms with Crippen molar-refractivity contribution in [3.05, 3.63) is 59.7 Å². The van der Waals surface area contributed by atoms with Gasteiger partial charge in [-0.3, -0.25) is 4.79 Å². The zero-order valence-corrected chi connectivity index (χ0v) is 16.4. The summed E-state index contributed by atoms with van der Waals surface area (Å²) in [6.07, 6.45) is 3.89. The second kappa shape index (κ2) is 11.0. The third-order valence-electron chi connectivity index (χ3n) is 4.01. The lowest BCUT2D eigenvalue weighted by molar-refractivity contribution is -0.123. The molecule has 0 saturated carbocycles. The van der Waals surface area contributed by atoms with E-state index in [0.29, 0.717) is 5.75 Å². The van der Waals surface area contributed by atoms with Crippen LogP contribution in [0.2, 0.25) is 0 Å². The molecule has 0 bridgehead atoms. The Hall–Kier alpha value is -2.82. The molecule has 5 nitrogen and oxygen atoms in total. The summed E-state index contributed by atoms with van der Waals surface area (Å²) < 4.78 is 5.45. The van der Waals surface area contributed by atoms with Gasteiger partial charge >= 0.3 is 0 Å². The fourth-order valence-corrected chi connectivity index (χ4v) is 2.75. The highest BCUT2D eigenvalue weighted by Crippen LogP contribution is 2.15. The second-order valence-corrected chi connectivity index (χ2v) is 6.48. The van der Waals surface area contributed by atoms with Crippen LogP contribution in [0.5, 0.6) is 5.75 Å². The molecule has 27 heavy (non-hydrogen) atoms. The summed E-state index contributed by atoms with van der Waals surface area (Å²) in [5.74, 6) is 0.384. The van der Waals surface area contributed by atoms with E-state index in [1.807, 2.05) is 43.3 Å². The lowest BCUT2D eigenvalue weighted by Crippen LogP contribution is -2.25. The fraction of sp³-hybridized carbons (Fsp3) is 0.364. The predicted molar refractivity (Wildman–Crippen MR) is 112 cm³/mol. The zero-order chi connectivity index (χ0) is 19.5. The van der Waals surface area contributed by atoms with Crippen LogP contribution < -0.4 is 15.1 Å². The van der Waals surface area contributed by atoms with Crippen LogP contribution in [0.25, 0.3) is 0 Å². The van der Waals surface area contributed by atoms with Crippen LogP contribution >= 0.6 is 0 Å². The molecular formula is C22H29N3O2. The number of benzene rings is 2. The number of hydrazone groups is 1. The molecule has 2 aromatic carbocycles. The van der Waals surface area contributed by atoms with E-state index in [1.165, 1.54) is 5.69 Å². The van der Waals surface area contributed by atoms with Crippen molar-refractivity contribution in [3.8, 4) is 5.75 Å². The first-order valence-electron chi connectivity index (χ1n) is 9.48. The highest BCUT2D eigenvalue weighted by molar-refractivity contribution is 5.83. The van der Waals surface area contributed by atoms with Gasteiger partial charge in [0.05, 0.1) is 6.21 Å². The molecule has 144 valence electrons. The van der Waals surface area contributed by atoms with E-state index < -0.39 is 0 Å². The molecule has 1 amide bonds. The maximum absolute atomic E-state index is 11.8. The molecular weight excluding hydrogens is 338 g/mol. The molecule has 0 spiro atoms. The molecule has 0 fully saturated rings. The topological polar surface area (TPSA) is 53.9 Å². The third-order valence-corrected chi connectivity index (χ3v) is 4.01. The number of ether oxygens (including phenoxy) is 1. The first-order chi connectivity index (χ1) is 13.1. The highest BCUT2D eigenvalue weighted by Gasteiger charge is 2.04. The predicted octanol–water partition coefficient (Wildman–Crippen LogP) is 4.15. The number of carbonyl (C=O) groups excluding carboxylic acids is 1. The number of hydrogen-bond donors (Lipinski definition) is 1. The molecule has 0 aliphatic rings. The molecule has 0 aromatic heterocycles. The van der Waals surface area contributed by atoms with Crippen LogP contribution in [0.4, 0.5) is 5.69 Å². The first-order valence-corrected chi connectivity index (χ1v) is 9.48. The molecule has 0 atom stereocenters. The standard InChI is InChI=1S/C22H29N3O2/c1-4-13-25(14-5-2)20-11-9-19(10-12-20)16-23-24-22(26)17-27-21-8-6-7-18(3)15-21/h6-12,15-16H,4-5,13-14,17H2,1-3H3,(H,24,26)/b23-16-. The molecule has 0 radical (unpaired) electrons. The number of anilines is 1. The van der Waals surface area contributed by atoms with Crippen molar-refractivity contribution < 1.29 is 9.53 Å². The summed E-state index contributed by atoms with van der Waals surface area (Å²) >= 11 is 0. The van der Waals surface area contributed by atoms with E-state index in [9.17, 15) is 4.79 Å². The normalized spacial score (nSPS) is 10.8. The Morgan fingerprint density at radius 3 is 2.44 bits per heavy atom. The van der Waals surface area contributed by atoms with Gasteiger partial charge in [-0.15, -0.1) is 0 Å². The maximum atomic E-state index is 11.8. The van der Waals surface area contributed by atoms with Gasteiger partial charge in [0, 0.05) is 18.8 Å². The van der Waals surface area contributed by atoms with Gasteiger partial charge in [0.1, 0.15) is 5.75 Å². The Balaban J connectivity index is 1.82. The molecule has 0 aliphatic carbocycles. The minimum Gasteiger partial charge on any atom is -0.484 e. The van der Waals surface area contributed by atoms with Crippen LogP contribution in [-0.2, 0) is 4.79 Å². The van der Waals surface area contributed by atoms with Gasteiger partial charge in [0.25, 0.3) is 5.91 Å². The van der Waals surface area contributed by atoms with Crippen molar-refractivity contribution in [3.63, 3.8) is 0 Å². The summed E-state index contributed by atoms with van der Waals surface area (Å²) in [7, 11) is 0. The fourth-order valence-electron chi connectivity index (χ4n) is 2.75. The van der Waals surface area contributed by atoms with Crippen LogP contribution in [0, 0.1) is 6.92 Å². The molecule has 5 heteroatoms. The number of amides is 1. The van der Waals surface area contributed by atoms with Crippen LogP contribution in [0.15, 0.2) is 53.6 Å². The molecule has 0 heterocycles. The van der Waals surface area contributed by atoms with Gasteiger partial charge < -0.3 is 9.64 Å². The highest BCUT2D eigenvalue weighted by atomic mass is 16.5. The number of aryl methyl sites for hydroxylation is 1. The number of carbonyl (C=O) groups is 1. The second-order valence-electron chi connectivity index (χ2n) is 6.48. The Labute approximate surface area is 162 Å². The Morgan fingerprint density at radius 1 is 1.11 bits per heavy atom. The van der Waals surface area contributed by atoms with Gasteiger partial charge in [-0.2, -0.15) is 5.10 Å². The summed E-state index contributed by atoms with van der Waals surface area (Å²) in [4.78, 5) is 14.2. The van der Waals surface area contributed by atoms with E-state index in [1.54, 1.807) is 6.21 Å². The molecule has 0 unspecified atom stereocenters. The van der Waals surface area contributed by atoms with Crippen molar-refractivity contribution in [2.24, 2.45) is 5.10 Å². The summed E-state index contributed by atoms with van der Waals surface area (Å²) in [5.41, 5.74) is 5.73. The number of hydrogen-bond acceptors (Lipinski definition) is 4. The third kappa shape index (κ3) is 7.13. The average Bonchev–Trinajstić information content (AvgIpc) is 2.67. The molecule has 0 saturated heterocycles. The van der Waals surface area contributed by atoms with Gasteiger partial charge in [0.2, 0.25) is 0 Å². The van der Waals surface area contributed by atoms with Gasteiger partial charge in [-0.25, -0.2) is 5.43 Å². The summed E-state index contributed by atoms with van der Waals surface area (Å²) in [5, 5.41) is 4.00. The van der Waals surface area contributed by atoms with Gasteiger partial charge in [0.15, 0.2) is 6.61 Å². The lowest BCUT2D eigenvalue weighted by Gasteiger charge is -2.23. The Bertz CT molecular complexity index is 735. The van der Waals surface area contributed by atoms with Gasteiger partial charge in [-0.1, -0.05) is 38.1 Å². The number of rotatable bonds is 10. The Morgan fingerprint density at radius 2 is 1.81 bits per heavy atom. The minimum absolute atomic E-state index is 0.0667. The van der Waals surface area contributed by atoms with E-state index in [0.717, 1.165) is 37.1 Å². The Kier molecular flexibility index (Phi) is 8.36. The minimum atomic E-state index is -0.290. The van der Waals surface area contributed by atoms with Crippen LogP contribution in [-0.4, -0.2) is 31.8 Å². The molecule has 0 aliphatic heterocycles. The van der Waals surface area contributed by atoms with Crippen molar-refractivity contribution >= 4 is 17.8 Å². The SMILES string of the molecule is CCCN(CCC)c1ccc(/C=N\NC(=O)COc2cccc(C)c2)cc1. The maximum Gasteiger partial charge on any atom is 0.277 e. The first kappa shape index (κ1) is 20.5. The molecule has 2 aromatic rings. The molecule has 1 N–H and O–H groups in total. The van der Waals surface area contributed by atoms with E-state index in [4.69, 9.17) is 4.74 Å². The van der Waals surface area contributed by atoms with Crippen LogP contribution in [0.3, 0.4) is 0 Å². The quantitative estimate of drug-likeness (QED) is 0.507.